The molecule has 0 aromatic heterocycles. The summed E-state index contributed by atoms with van der Waals surface area (Å²) < 4.78 is 79.0. The number of hydrogen-bond acceptors (Lipinski definition) is 5. The van der Waals surface area contributed by atoms with E-state index in [0.29, 0.717) is 6.08 Å². The van der Waals surface area contributed by atoms with Crippen molar-refractivity contribution in [1.82, 2.24) is 0 Å². The summed E-state index contributed by atoms with van der Waals surface area (Å²) in [5, 5.41) is 8.52. The minimum absolute atomic E-state index is 0.286. The van der Waals surface area contributed by atoms with Gasteiger partial charge >= 0.3 is 12.4 Å². The van der Waals surface area contributed by atoms with Gasteiger partial charge in [0.05, 0.1) is 12.2 Å². The second-order valence-corrected chi connectivity index (χ2v) is 4.23. The summed E-state index contributed by atoms with van der Waals surface area (Å²) in [6.07, 6.45) is -10.4. The molecule has 0 aromatic rings. The lowest BCUT2D eigenvalue weighted by molar-refractivity contribution is -0.175. The van der Waals surface area contributed by atoms with E-state index in [9.17, 15) is 40.7 Å². The molecular formula is C12H8F6O5. The van der Waals surface area contributed by atoms with Crippen molar-refractivity contribution >= 4 is 17.3 Å². The number of allylic oxidation sites excluding steroid dienone is 3. The summed E-state index contributed by atoms with van der Waals surface area (Å²) in [6.45, 7) is -1.17. The number of carbonyl (C=O) groups is 3. The highest BCUT2D eigenvalue weighted by molar-refractivity contribution is 6.28. The van der Waals surface area contributed by atoms with Crippen LogP contribution < -0.4 is 0 Å². The molecule has 1 unspecified atom stereocenters. The molecule has 0 aromatic carbocycles. The third-order valence-corrected chi connectivity index (χ3v) is 2.59. The molecule has 0 saturated heterocycles. The van der Waals surface area contributed by atoms with Gasteiger partial charge in [-0.25, -0.2) is 0 Å². The fourth-order valence-electron chi connectivity index (χ4n) is 1.62. The summed E-state index contributed by atoms with van der Waals surface area (Å²) in [6, 6.07) is 0. The number of carbonyl (C=O) groups excluding carboxylic acids is 3. The Balaban J connectivity index is 3.29. The number of ether oxygens (including phenoxy) is 1. The summed E-state index contributed by atoms with van der Waals surface area (Å²) >= 11 is 0. The number of aliphatic hydroxyl groups excluding tert-OH is 1. The molecule has 0 aliphatic heterocycles. The Morgan fingerprint density at radius 1 is 1.13 bits per heavy atom. The van der Waals surface area contributed by atoms with Crippen LogP contribution in [-0.2, 0) is 19.1 Å². The number of Topliss-reactive ketones (excluding diaryl/α,β-unsaturated/α-hetero) is 3. The fraction of sp³-hybridized carbons (Fsp3) is 0.417. The zero-order chi connectivity index (χ0) is 18.0. The third-order valence-electron chi connectivity index (χ3n) is 2.59. The lowest BCUT2D eigenvalue weighted by Gasteiger charge is -2.20. The van der Waals surface area contributed by atoms with Crippen LogP contribution in [0, 0.1) is 5.92 Å². The van der Waals surface area contributed by atoms with Gasteiger partial charge in [-0.3, -0.25) is 14.4 Å². The maximum absolute atomic E-state index is 12.4. The predicted octanol–water partition coefficient (Wildman–Crippen LogP) is 1.27. The van der Waals surface area contributed by atoms with Gasteiger partial charge in [0.15, 0.2) is 5.78 Å². The highest BCUT2D eigenvalue weighted by Crippen LogP contribution is 2.31. The first-order chi connectivity index (χ1) is 10.4. The third kappa shape index (κ3) is 4.41. The van der Waals surface area contributed by atoms with Gasteiger partial charge < -0.3 is 9.84 Å². The minimum Gasteiger partial charge on any atom is -0.491 e. The van der Waals surface area contributed by atoms with Crippen LogP contribution in [0.3, 0.4) is 0 Å². The van der Waals surface area contributed by atoms with E-state index in [1.54, 1.807) is 0 Å². The van der Waals surface area contributed by atoms with E-state index in [-0.39, 0.29) is 6.08 Å². The van der Waals surface area contributed by atoms with E-state index in [0.717, 1.165) is 0 Å². The molecule has 0 bridgehead atoms. The quantitative estimate of drug-likeness (QED) is 0.461. The normalized spacial score (nSPS) is 19.1. The van der Waals surface area contributed by atoms with E-state index in [4.69, 9.17) is 5.11 Å². The minimum atomic E-state index is -5.52. The molecule has 23 heavy (non-hydrogen) atoms. The number of ketones is 3. The van der Waals surface area contributed by atoms with Crippen molar-refractivity contribution in [2.75, 3.05) is 13.2 Å². The van der Waals surface area contributed by atoms with Crippen LogP contribution >= 0.6 is 0 Å². The number of alkyl halides is 6. The Hall–Kier alpha value is -2.17. The zero-order valence-corrected chi connectivity index (χ0v) is 11.0. The standard InChI is InChI=1S/C12H8F6O5/c13-11(14,15)9(21)6-3-5(23-2-1-19)4-7(8(6)20)10(22)12(16,17)18/h3-4,6,19H,1-2H2. The lowest BCUT2D eigenvalue weighted by Crippen LogP contribution is -2.40. The van der Waals surface area contributed by atoms with Gasteiger partial charge in [0, 0.05) is 0 Å². The second kappa shape index (κ2) is 6.52. The Morgan fingerprint density at radius 2 is 1.70 bits per heavy atom. The molecule has 11 heteroatoms. The maximum Gasteiger partial charge on any atom is 0.455 e. The molecule has 0 heterocycles. The van der Waals surface area contributed by atoms with Gasteiger partial charge in [0.1, 0.15) is 18.3 Å². The molecule has 5 nitrogen and oxygen atoms in total. The van der Waals surface area contributed by atoms with E-state index >= 15 is 0 Å². The Kier molecular flexibility index (Phi) is 5.35. The van der Waals surface area contributed by atoms with Crippen LogP contribution in [-0.4, -0.2) is 48.0 Å². The van der Waals surface area contributed by atoms with Gasteiger partial charge in [-0.2, -0.15) is 26.3 Å². The maximum atomic E-state index is 12.4. The molecule has 0 saturated carbocycles. The van der Waals surface area contributed by atoms with Gasteiger partial charge in [-0.1, -0.05) is 0 Å². The van der Waals surface area contributed by atoms with Gasteiger partial charge in [-0.05, 0) is 12.2 Å². The molecule has 1 aliphatic rings. The highest BCUT2D eigenvalue weighted by Gasteiger charge is 2.51. The Morgan fingerprint density at radius 3 is 2.13 bits per heavy atom. The van der Waals surface area contributed by atoms with E-state index < -0.39 is 60.2 Å². The fourth-order valence-corrected chi connectivity index (χ4v) is 1.62. The average Bonchev–Trinajstić information content (AvgIpc) is 2.42. The van der Waals surface area contributed by atoms with E-state index in [1.165, 1.54) is 0 Å². The van der Waals surface area contributed by atoms with Crippen LogP contribution in [0.5, 0.6) is 0 Å². The number of halogens is 6. The zero-order valence-electron chi connectivity index (χ0n) is 11.0. The van der Waals surface area contributed by atoms with Crippen LogP contribution in [0.15, 0.2) is 23.5 Å². The molecule has 0 amide bonds. The topological polar surface area (TPSA) is 80.7 Å². The molecule has 128 valence electrons. The van der Waals surface area contributed by atoms with Crippen molar-refractivity contribution in [3.05, 3.63) is 23.5 Å². The first kappa shape index (κ1) is 18.9. The molecule has 0 radical (unpaired) electrons. The van der Waals surface area contributed by atoms with Crippen molar-refractivity contribution in [2.24, 2.45) is 5.92 Å². The second-order valence-electron chi connectivity index (χ2n) is 4.23. The van der Waals surface area contributed by atoms with Crippen LogP contribution in [0.25, 0.3) is 0 Å². The van der Waals surface area contributed by atoms with Crippen LogP contribution in [0.1, 0.15) is 0 Å². The van der Waals surface area contributed by atoms with Gasteiger partial charge in [0.25, 0.3) is 11.6 Å². The smallest absolute Gasteiger partial charge is 0.455 e. The summed E-state index contributed by atoms with van der Waals surface area (Å²) in [5.41, 5.74) is -1.64. The number of rotatable bonds is 5. The van der Waals surface area contributed by atoms with Crippen LogP contribution in [0.2, 0.25) is 0 Å². The summed E-state index contributed by atoms with van der Waals surface area (Å²) in [7, 11) is 0. The van der Waals surface area contributed by atoms with Crippen molar-refractivity contribution in [1.29, 1.82) is 0 Å². The largest absolute Gasteiger partial charge is 0.491 e. The molecular weight excluding hydrogens is 338 g/mol. The molecule has 1 N–H and O–H groups in total. The van der Waals surface area contributed by atoms with Gasteiger partial charge in [-0.15, -0.1) is 0 Å². The number of aliphatic hydroxyl groups is 1. The van der Waals surface area contributed by atoms with Crippen molar-refractivity contribution < 1.29 is 50.6 Å². The van der Waals surface area contributed by atoms with Crippen molar-refractivity contribution in [3.8, 4) is 0 Å². The predicted molar refractivity (Wildman–Crippen MR) is 59.8 cm³/mol. The Labute approximate surface area is 124 Å². The molecule has 0 spiro atoms. The average molecular weight is 346 g/mol. The summed E-state index contributed by atoms with van der Waals surface area (Å²) in [4.78, 5) is 33.9. The van der Waals surface area contributed by atoms with Crippen molar-refractivity contribution in [3.63, 3.8) is 0 Å². The van der Waals surface area contributed by atoms with Crippen molar-refractivity contribution in [2.45, 2.75) is 12.4 Å². The molecule has 1 aliphatic carbocycles. The van der Waals surface area contributed by atoms with E-state index in [1.807, 2.05) is 0 Å². The first-order valence-electron chi connectivity index (χ1n) is 5.83. The molecule has 1 rings (SSSR count). The SMILES string of the molecule is O=C1C(C(=O)C(F)(F)F)=CC(OCCO)=CC1C(=O)C(F)(F)F. The molecule has 0 fully saturated rings. The monoisotopic (exact) mass is 346 g/mol. The van der Waals surface area contributed by atoms with Crippen LogP contribution in [0.4, 0.5) is 26.3 Å². The highest BCUT2D eigenvalue weighted by atomic mass is 19.4. The Bertz CT molecular complexity index is 584. The molecule has 1 atom stereocenters. The summed E-state index contributed by atoms with van der Waals surface area (Å²) in [5.74, 6) is -10.6. The van der Waals surface area contributed by atoms with E-state index in [2.05, 4.69) is 4.74 Å². The number of hydrogen-bond donors (Lipinski definition) is 1. The lowest BCUT2D eigenvalue weighted by atomic mass is 9.86. The van der Waals surface area contributed by atoms with Gasteiger partial charge in [0.2, 0.25) is 0 Å². The first-order valence-corrected chi connectivity index (χ1v) is 5.83.